The average molecular weight is 381 g/mol. The zero-order chi connectivity index (χ0) is 19.8. The van der Waals surface area contributed by atoms with Gasteiger partial charge in [-0.2, -0.15) is 0 Å². The van der Waals surface area contributed by atoms with Gasteiger partial charge in [-0.15, -0.1) is 0 Å². The van der Waals surface area contributed by atoms with Gasteiger partial charge in [0.2, 0.25) is 5.91 Å². The zero-order valence-corrected chi connectivity index (χ0v) is 16.2. The number of urea groups is 1. The third kappa shape index (κ3) is 5.10. The molecule has 3 amide bonds. The fourth-order valence-corrected chi connectivity index (χ4v) is 3.45. The minimum Gasteiger partial charge on any atom is -0.375 e. The minimum absolute atomic E-state index is 0.0313. The Morgan fingerprint density at radius 2 is 1.43 bits per heavy atom. The Kier molecular flexibility index (Phi) is 7.03. The number of rotatable bonds is 5. The molecule has 1 N–H and O–H groups in total. The fraction of sp³-hybridized carbons (Fsp3) is 0.364. The highest BCUT2D eigenvalue weighted by Crippen LogP contribution is 2.22. The van der Waals surface area contributed by atoms with Crippen molar-refractivity contribution in [3.63, 3.8) is 0 Å². The van der Waals surface area contributed by atoms with Gasteiger partial charge in [-0.05, 0) is 17.5 Å². The van der Waals surface area contributed by atoms with Crippen LogP contribution in [0.15, 0.2) is 60.7 Å². The summed E-state index contributed by atoms with van der Waals surface area (Å²) in [5.41, 5.74) is 2.07. The molecule has 1 heterocycles. The number of methoxy groups -OCH3 is 1. The van der Waals surface area contributed by atoms with Gasteiger partial charge in [0, 0.05) is 33.3 Å². The number of hydrogen-bond acceptors (Lipinski definition) is 3. The smallest absolute Gasteiger partial charge is 0.318 e. The molecule has 6 nitrogen and oxygen atoms in total. The first-order valence-electron chi connectivity index (χ1n) is 9.61. The molecule has 2 aromatic carbocycles. The van der Waals surface area contributed by atoms with E-state index in [4.69, 9.17) is 4.74 Å². The maximum Gasteiger partial charge on any atom is 0.318 e. The molecule has 1 aliphatic heterocycles. The van der Waals surface area contributed by atoms with E-state index in [2.05, 4.69) is 5.32 Å². The summed E-state index contributed by atoms with van der Waals surface area (Å²) < 4.78 is 4.94. The molecular weight excluding hydrogens is 354 g/mol. The van der Waals surface area contributed by atoms with Crippen molar-refractivity contribution in [3.05, 3.63) is 71.8 Å². The number of nitrogens with one attached hydrogen (secondary N) is 1. The molecule has 0 saturated carbocycles. The van der Waals surface area contributed by atoms with E-state index in [1.165, 1.54) is 7.11 Å². The van der Waals surface area contributed by atoms with Gasteiger partial charge in [0.25, 0.3) is 0 Å². The quantitative estimate of drug-likeness (QED) is 0.866. The normalized spacial score (nSPS) is 14.6. The highest BCUT2D eigenvalue weighted by atomic mass is 16.5. The van der Waals surface area contributed by atoms with Crippen molar-refractivity contribution in [3.8, 4) is 0 Å². The lowest BCUT2D eigenvalue weighted by Gasteiger charge is -2.26. The summed E-state index contributed by atoms with van der Waals surface area (Å²) in [6.45, 7) is 2.39. The molecule has 0 aliphatic carbocycles. The molecular formula is C22H27N3O3. The predicted molar refractivity (Wildman–Crippen MR) is 108 cm³/mol. The zero-order valence-electron chi connectivity index (χ0n) is 16.2. The van der Waals surface area contributed by atoms with E-state index in [-0.39, 0.29) is 24.6 Å². The first kappa shape index (κ1) is 19.9. The van der Waals surface area contributed by atoms with Crippen LogP contribution in [0.3, 0.4) is 0 Å². The molecule has 0 aromatic heterocycles. The number of nitrogens with zero attached hydrogens (tertiary/aromatic N) is 2. The molecule has 0 bridgehead atoms. The van der Waals surface area contributed by atoms with Crippen LogP contribution in [0, 0.1) is 0 Å². The average Bonchev–Trinajstić information content (AvgIpc) is 3.00. The van der Waals surface area contributed by atoms with Crippen LogP contribution in [0.1, 0.15) is 23.6 Å². The fourth-order valence-electron chi connectivity index (χ4n) is 3.45. The SMILES string of the molecule is COCC(=O)N1CCCN(C(=O)NC(c2ccccc2)c2ccccc2)CC1. The van der Waals surface area contributed by atoms with Gasteiger partial charge in [-0.3, -0.25) is 4.79 Å². The maximum absolute atomic E-state index is 13.0. The second-order valence-electron chi connectivity index (χ2n) is 6.86. The lowest BCUT2D eigenvalue weighted by atomic mass is 9.99. The Hall–Kier alpha value is -2.86. The highest BCUT2D eigenvalue weighted by Gasteiger charge is 2.24. The summed E-state index contributed by atoms with van der Waals surface area (Å²) in [6, 6.07) is 19.6. The largest absolute Gasteiger partial charge is 0.375 e. The predicted octanol–water partition coefficient (Wildman–Crippen LogP) is 2.67. The third-order valence-electron chi connectivity index (χ3n) is 4.94. The number of hydrogen-bond donors (Lipinski definition) is 1. The van der Waals surface area contributed by atoms with Crippen LogP contribution in [-0.4, -0.2) is 61.6 Å². The van der Waals surface area contributed by atoms with Gasteiger partial charge in [0.05, 0.1) is 6.04 Å². The number of amides is 3. The van der Waals surface area contributed by atoms with Crippen LogP contribution in [0.2, 0.25) is 0 Å². The van der Waals surface area contributed by atoms with Crippen molar-refractivity contribution in [2.75, 3.05) is 39.9 Å². The lowest BCUT2D eigenvalue weighted by molar-refractivity contribution is -0.135. The van der Waals surface area contributed by atoms with Crippen molar-refractivity contribution in [1.82, 2.24) is 15.1 Å². The molecule has 148 valence electrons. The van der Waals surface area contributed by atoms with E-state index in [1.807, 2.05) is 60.7 Å². The molecule has 0 unspecified atom stereocenters. The summed E-state index contributed by atoms with van der Waals surface area (Å²) in [5, 5.41) is 3.18. The minimum atomic E-state index is -0.218. The van der Waals surface area contributed by atoms with Gasteiger partial charge in [-0.25, -0.2) is 4.79 Å². The van der Waals surface area contributed by atoms with Crippen molar-refractivity contribution < 1.29 is 14.3 Å². The summed E-state index contributed by atoms with van der Waals surface area (Å²) in [5.74, 6) is -0.0313. The van der Waals surface area contributed by atoms with Gasteiger partial charge in [0.15, 0.2) is 0 Å². The van der Waals surface area contributed by atoms with Gasteiger partial charge in [-0.1, -0.05) is 60.7 Å². The second kappa shape index (κ2) is 9.90. The van der Waals surface area contributed by atoms with Gasteiger partial charge < -0.3 is 19.9 Å². The molecule has 0 radical (unpaired) electrons. The molecule has 0 spiro atoms. The molecule has 0 atom stereocenters. The molecule has 2 aromatic rings. The lowest BCUT2D eigenvalue weighted by Crippen LogP contribution is -2.44. The summed E-state index contributed by atoms with van der Waals surface area (Å²) >= 11 is 0. The van der Waals surface area contributed by atoms with E-state index in [9.17, 15) is 9.59 Å². The number of carbonyl (C=O) groups is 2. The van der Waals surface area contributed by atoms with E-state index < -0.39 is 0 Å². The van der Waals surface area contributed by atoms with Crippen LogP contribution in [0.25, 0.3) is 0 Å². The standard InChI is InChI=1S/C22H27N3O3/c1-28-17-20(26)24-13-8-14-25(16-15-24)22(27)23-21(18-9-4-2-5-10-18)19-11-6-3-7-12-19/h2-7,9-12,21H,8,13-17H2,1H3,(H,23,27). The maximum atomic E-state index is 13.0. The molecule has 3 rings (SSSR count). The third-order valence-corrected chi connectivity index (χ3v) is 4.94. The monoisotopic (exact) mass is 381 g/mol. The van der Waals surface area contributed by atoms with Crippen LogP contribution in [-0.2, 0) is 9.53 Å². The highest BCUT2D eigenvalue weighted by molar-refractivity contribution is 5.78. The van der Waals surface area contributed by atoms with E-state index in [0.717, 1.165) is 17.5 Å². The van der Waals surface area contributed by atoms with Crippen LogP contribution in [0.5, 0.6) is 0 Å². The van der Waals surface area contributed by atoms with Crippen LogP contribution >= 0.6 is 0 Å². The van der Waals surface area contributed by atoms with Crippen molar-refractivity contribution in [1.29, 1.82) is 0 Å². The second-order valence-corrected chi connectivity index (χ2v) is 6.86. The van der Waals surface area contributed by atoms with E-state index in [0.29, 0.717) is 26.2 Å². The Morgan fingerprint density at radius 3 is 2.00 bits per heavy atom. The Balaban J connectivity index is 1.69. The Morgan fingerprint density at radius 1 is 0.893 bits per heavy atom. The number of carbonyl (C=O) groups excluding carboxylic acids is 2. The first-order chi connectivity index (χ1) is 13.7. The van der Waals surface area contributed by atoms with Crippen molar-refractivity contribution in [2.45, 2.75) is 12.5 Å². The molecule has 1 fully saturated rings. The summed E-state index contributed by atoms with van der Waals surface area (Å²) in [4.78, 5) is 28.6. The Bertz CT molecular complexity index is 728. The van der Waals surface area contributed by atoms with Crippen molar-refractivity contribution in [2.24, 2.45) is 0 Å². The van der Waals surface area contributed by atoms with Crippen LogP contribution < -0.4 is 5.32 Å². The van der Waals surface area contributed by atoms with E-state index in [1.54, 1.807) is 9.80 Å². The number of benzene rings is 2. The summed E-state index contributed by atoms with van der Waals surface area (Å²) in [6.07, 6.45) is 0.754. The molecule has 1 saturated heterocycles. The van der Waals surface area contributed by atoms with Crippen molar-refractivity contribution >= 4 is 11.9 Å². The summed E-state index contributed by atoms with van der Waals surface area (Å²) in [7, 11) is 1.52. The number of ether oxygens (including phenoxy) is 1. The molecule has 28 heavy (non-hydrogen) atoms. The van der Waals surface area contributed by atoms with Gasteiger partial charge in [0.1, 0.15) is 6.61 Å². The van der Waals surface area contributed by atoms with Crippen LogP contribution in [0.4, 0.5) is 4.79 Å². The van der Waals surface area contributed by atoms with Gasteiger partial charge >= 0.3 is 6.03 Å². The topological polar surface area (TPSA) is 61.9 Å². The molecule has 1 aliphatic rings. The molecule has 6 heteroatoms. The van der Waals surface area contributed by atoms with E-state index >= 15 is 0 Å². The Labute approximate surface area is 166 Å². The first-order valence-corrected chi connectivity index (χ1v) is 9.61.